The number of urea groups is 1. The molecule has 1 N–H and O–H groups in total. The highest BCUT2D eigenvalue weighted by Crippen LogP contribution is 2.35. The van der Waals surface area contributed by atoms with Crippen LogP contribution in [0.4, 0.5) is 10.6 Å². The third-order valence-corrected chi connectivity index (χ3v) is 5.82. The summed E-state index contributed by atoms with van der Waals surface area (Å²) in [5, 5.41) is 3.22. The Bertz CT molecular complexity index is 604. The van der Waals surface area contributed by atoms with Gasteiger partial charge in [-0.05, 0) is 45.4 Å². The average Bonchev–Trinajstić information content (AvgIpc) is 3.31. The summed E-state index contributed by atoms with van der Waals surface area (Å²) in [4.78, 5) is 25.7. The summed E-state index contributed by atoms with van der Waals surface area (Å²) in [6.45, 7) is 3.71. The summed E-state index contributed by atoms with van der Waals surface area (Å²) in [6.07, 6.45) is 11.0. The van der Waals surface area contributed by atoms with Crippen LogP contribution >= 0.6 is 0 Å². The zero-order valence-electron chi connectivity index (χ0n) is 15.2. The van der Waals surface area contributed by atoms with E-state index in [1.165, 1.54) is 25.7 Å². The number of anilines is 1. The lowest BCUT2D eigenvalue weighted by atomic mass is 10.0. The SMILES string of the molecule is Cc1cc(N(C2CC2)C2CCN(C(=O)NC3CCCC3)CC2)ncn1. The third kappa shape index (κ3) is 3.88. The molecule has 0 aromatic carbocycles. The highest BCUT2D eigenvalue weighted by Gasteiger charge is 2.37. The summed E-state index contributed by atoms with van der Waals surface area (Å²) in [6, 6.07) is 3.74. The van der Waals surface area contributed by atoms with E-state index in [2.05, 4.69) is 26.3 Å². The highest BCUT2D eigenvalue weighted by molar-refractivity contribution is 5.74. The Hall–Kier alpha value is -1.85. The van der Waals surface area contributed by atoms with Gasteiger partial charge in [0, 0.05) is 43.0 Å². The van der Waals surface area contributed by atoms with Gasteiger partial charge < -0.3 is 15.1 Å². The Balaban J connectivity index is 1.36. The maximum Gasteiger partial charge on any atom is 0.317 e. The molecular weight excluding hydrogens is 314 g/mol. The Labute approximate surface area is 150 Å². The van der Waals surface area contributed by atoms with E-state index >= 15 is 0 Å². The number of hydrogen-bond acceptors (Lipinski definition) is 4. The molecule has 6 heteroatoms. The van der Waals surface area contributed by atoms with E-state index in [1.54, 1.807) is 6.33 Å². The van der Waals surface area contributed by atoms with E-state index in [4.69, 9.17) is 0 Å². The van der Waals surface area contributed by atoms with Crippen molar-refractivity contribution in [2.24, 2.45) is 0 Å². The predicted molar refractivity (Wildman–Crippen MR) is 97.7 cm³/mol. The molecule has 0 radical (unpaired) electrons. The molecule has 0 atom stereocenters. The second kappa shape index (κ2) is 7.18. The molecule has 2 heterocycles. The van der Waals surface area contributed by atoms with E-state index in [9.17, 15) is 4.79 Å². The molecule has 1 aliphatic heterocycles. The van der Waals surface area contributed by atoms with Gasteiger partial charge in [0.05, 0.1) is 0 Å². The number of carbonyl (C=O) groups excluding carboxylic acids is 1. The topological polar surface area (TPSA) is 61.4 Å². The van der Waals surface area contributed by atoms with Gasteiger partial charge in [0.2, 0.25) is 0 Å². The van der Waals surface area contributed by atoms with Crippen LogP contribution in [-0.4, -0.2) is 52.1 Å². The summed E-state index contributed by atoms with van der Waals surface area (Å²) < 4.78 is 0. The number of aromatic nitrogens is 2. The molecule has 2 saturated carbocycles. The molecule has 2 aliphatic carbocycles. The van der Waals surface area contributed by atoms with Gasteiger partial charge in [-0.2, -0.15) is 0 Å². The number of aryl methyl sites for hydroxylation is 1. The largest absolute Gasteiger partial charge is 0.350 e. The van der Waals surface area contributed by atoms with E-state index in [1.807, 2.05) is 11.8 Å². The molecule has 3 aliphatic rings. The van der Waals surface area contributed by atoms with Crippen molar-refractivity contribution in [1.82, 2.24) is 20.2 Å². The van der Waals surface area contributed by atoms with Crippen LogP contribution in [0.15, 0.2) is 12.4 Å². The number of nitrogens with one attached hydrogen (secondary N) is 1. The fourth-order valence-electron chi connectivity index (χ4n) is 4.29. The standard InChI is InChI=1S/C19H29N5O/c1-14-12-18(21-13-20-14)24(16-6-7-16)17-8-10-23(11-9-17)19(25)22-15-4-2-3-5-15/h12-13,15-17H,2-11H2,1H3,(H,22,25). The van der Waals surface area contributed by atoms with E-state index in [-0.39, 0.29) is 6.03 Å². The Kier molecular flexibility index (Phi) is 4.77. The van der Waals surface area contributed by atoms with Crippen LogP contribution in [0.5, 0.6) is 0 Å². The first-order valence-corrected chi connectivity index (χ1v) is 9.83. The van der Waals surface area contributed by atoms with Gasteiger partial charge in [-0.15, -0.1) is 0 Å². The van der Waals surface area contributed by atoms with Gasteiger partial charge in [0.25, 0.3) is 0 Å². The smallest absolute Gasteiger partial charge is 0.317 e. The predicted octanol–water partition coefficient (Wildman–Crippen LogP) is 2.87. The van der Waals surface area contributed by atoms with Gasteiger partial charge >= 0.3 is 6.03 Å². The zero-order chi connectivity index (χ0) is 17.2. The second-order valence-electron chi connectivity index (χ2n) is 7.81. The molecule has 0 spiro atoms. The molecule has 0 unspecified atom stereocenters. The van der Waals surface area contributed by atoms with Crippen LogP contribution in [0.3, 0.4) is 0 Å². The maximum atomic E-state index is 12.5. The zero-order valence-corrected chi connectivity index (χ0v) is 15.2. The van der Waals surface area contributed by atoms with Crippen molar-refractivity contribution in [3.8, 4) is 0 Å². The molecule has 25 heavy (non-hydrogen) atoms. The first-order chi connectivity index (χ1) is 12.2. The van der Waals surface area contributed by atoms with Crippen molar-refractivity contribution in [3.63, 3.8) is 0 Å². The van der Waals surface area contributed by atoms with Crippen LogP contribution < -0.4 is 10.2 Å². The number of hydrogen-bond donors (Lipinski definition) is 1. The van der Waals surface area contributed by atoms with Gasteiger partial charge in [0.1, 0.15) is 12.1 Å². The summed E-state index contributed by atoms with van der Waals surface area (Å²) in [7, 11) is 0. The third-order valence-electron chi connectivity index (χ3n) is 5.82. The van der Waals surface area contributed by atoms with Crippen LogP contribution in [-0.2, 0) is 0 Å². The maximum absolute atomic E-state index is 12.5. The molecule has 6 nitrogen and oxygen atoms in total. The molecule has 2 amide bonds. The van der Waals surface area contributed by atoms with Crippen LogP contribution in [0.1, 0.15) is 57.1 Å². The van der Waals surface area contributed by atoms with E-state index in [0.29, 0.717) is 18.1 Å². The fraction of sp³-hybridized carbons (Fsp3) is 0.737. The van der Waals surface area contributed by atoms with Crippen molar-refractivity contribution < 1.29 is 4.79 Å². The van der Waals surface area contributed by atoms with Crippen molar-refractivity contribution >= 4 is 11.8 Å². The summed E-state index contributed by atoms with van der Waals surface area (Å²) in [5.41, 5.74) is 1.02. The molecule has 0 bridgehead atoms. The van der Waals surface area contributed by atoms with Crippen LogP contribution in [0.2, 0.25) is 0 Å². The lowest BCUT2D eigenvalue weighted by Crippen LogP contribution is -2.51. The lowest BCUT2D eigenvalue weighted by Gasteiger charge is -2.39. The number of piperidine rings is 1. The number of rotatable bonds is 4. The number of carbonyl (C=O) groups is 1. The quantitative estimate of drug-likeness (QED) is 0.913. The lowest BCUT2D eigenvalue weighted by molar-refractivity contribution is 0.176. The van der Waals surface area contributed by atoms with Crippen molar-refractivity contribution in [3.05, 3.63) is 18.1 Å². The second-order valence-corrected chi connectivity index (χ2v) is 7.81. The minimum absolute atomic E-state index is 0.140. The summed E-state index contributed by atoms with van der Waals surface area (Å²) in [5.74, 6) is 1.06. The van der Waals surface area contributed by atoms with Crippen molar-refractivity contribution in [1.29, 1.82) is 0 Å². The van der Waals surface area contributed by atoms with Crippen LogP contribution in [0, 0.1) is 6.92 Å². The minimum atomic E-state index is 0.140. The molecular formula is C19H29N5O. The fourth-order valence-corrected chi connectivity index (χ4v) is 4.29. The Morgan fingerprint density at radius 2 is 1.76 bits per heavy atom. The monoisotopic (exact) mass is 343 g/mol. The minimum Gasteiger partial charge on any atom is -0.350 e. The van der Waals surface area contributed by atoms with E-state index < -0.39 is 0 Å². The number of amides is 2. The molecule has 3 fully saturated rings. The number of likely N-dealkylation sites (tertiary alicyclic amines) is 1. The van der Waals surface area contributed by atoms with Crippen LogP contribution in [0.25, 0.3) is 0 Å². The number of nitrogens with zero attached hydrogens (tertiary/aromatic N) is 4. The first kappa shape index (κ1) is 16.6. The Morgan fingerprint density at radius 3 is 2.40 bits per heavy atom. The molecule has 4 rings (SSSR count). The molecule has 1 aromatic rings. The van der Waals surface area contributed by atoms with Crippen molar-refractivity contribution in [2.75, 3.05) is 18.0 Å². The first-order valence-electron chi connectivity index (χ1n) is 9.83. The van der Waals surface area contributed by atoms with Crippen molar-refractivity contribution in [2.45, 2.75) is 76.4 Å². The van der Waals surface area contributed by atoms with Gasteiger partial charge in [-0.1, -0.05) is 12.8 Å². The Morgan fingerprint density at radius 1 is 1.08 bits per heavy atom. The molecule has 1 saturated heterocycles. The van der Waals surface area contributed by atoms with E-state index in [0.717, 1.165) is 50.3 Å². The molecule has 136 valence electrons. The van der Waals surface area contributed by atoms with Gasteiger partial charge in [-0.3, -0.25) is 0 Å². The summed E-state index contributed by atoms with van der Waals surface area (Å²) >= 11 is 0. The highest BCUT2D eigenvalue weighted by atomic mass is 16.2. The van der Waals surface area contributed by atoms with Gasteiger partial charge in [-0.25, -0.2) is 14.8 Å². The molecule has 1 aromatic heterocycles. The normalized spacial score (nSPS) is 22.2. The average molecular weight is 343 g/mol. The van der Waals surface area contributed by atoms with Gasteiger partial charge in [0.15, 0.2) is 0 Å².